The van der Waals surface area contributed by atoms with Crippen LogP contribution >= 0.6 is 27.7 Å². The summed E-state index contributed by atoms with van der Waals surface area (Å²) in [5, 5.41) is 22.5. The monoisotopic (exact) mass is 756 g/mol. The molecule has 0 bridgehead atoms. The summed E-state index contributed by atoms with van der Waals surface area (Å²) in [5.74, 6) is -1.55. The molecule has 1 fully saturated rings. The standard InChI is InChI=1S/C30H25BrN6O11S/c1-17(38)48-25(22-12-33-10-11-34(13-24(33)32-22)29(41)47-15-19-4-8-21(9-5-19)37(44)45)30(31)27(40)35-23(16-49-28(30)35)26(39)46-14-18-2-6-20(7-3-18)36(42)43/h2-9,12,16,25,28H,10-11,13-15H2,1H3. The number of nitro groups is 2. The maximum atomic E-state index is 13.7. The lowest BCUT2D eigenvalue weighted by atomic mass is 9.89. The van der Waals surface area contributed by atoms with E-state index < -0.39 is 49.6 Å². The first-order valence-electron chi connectivity index (χ1n) is 14.5. The first kappa shape index (κ1) is 33.6. The Bertz CT molecular complexity index is 1900. The Kier molecular flexibility index (Phi) is 9.12. The van der Waals surface area contributed by atoms with Crippen molar-refractivity contribution in [1.29, 1.82) is 0 Å². The first-order valence-corrected chi connectivity index (χ1v) is 16.3. The Morgan fingerprint density at radius 3 is 2.16 bits per heavy atom. The normalized spacial score (nSPS) is 19.9. The molecule has 1 aromatic heterocycles. The number of nitro benzene ring substituents is 2. The molecule has 6 rings (SSSR count). The molecule has 0 radical (unpaired) electrons. The molecule has 1 saturated heterocycles. The molecular formula is C30H25BrN6O11S. The summed E-state index contributed by atoms with van der Waals surface area (Å²) < 4.78 is 16.7. The van der Waals surface area contributed by atoms with Crippen molar-refractivity contribution in [3.63, 3.8) is 0 Å². The van der Waals surface area contributed by atoms with E-state index in [0.717, 1.165) is 11.8 Å². The number of hydrogen-bond acceptors (Lipinski definition) is 13. The van der Waals surface area contributed by atoms with E-state index in [0.29, 0.717) is 23.5 Å². The first-order chi connectivity index (χ1) is 23.4. The Morgan fingerprint density at radius 2 is 1.59 bits per heavy atom. The molecular weight excluding hydrogens is 732 g/mol. The van der Waals surface area contributed by atoms with Gasteiger partial charge in [-0.1, -0.05) is 15.9 Å². The second kappa shape index (κ2) is 13.3. The van der Waals surface area contributed by atoms with Gasteiger partial charge in [-0.15, -0.1) is 11.8 Å². The number of aromatic nitrogens is 2. The third-order valence-corrected chi connectivity index (χ3v) is 10.6. The van der Waals surface area contributed by atoms with E-state index in [1.54, 1.807) is 10.8 Å². The van der Waals surface area contributed by atoms with Crippen molar-refractivity contribution in [1.82, 2.24) is 19.4 Å². The molecule has 0 N–H and O–H groups in total. The van der Waals surface area contributed by atoms with Crippen molar-refractivity contribution in [3.8, 4) is 0 Å². The fourth-order valence-corrected chi connectivity index (χ4v) is 7.73. The van der Waals surface area contributed by atoms with Gasteiger partial charge >= 0.3 is 18.0 Å². The number of ether oxygens (including phenoxy) is 3. The van der Waals surface area contributed by atoms with Crippen molar-refractivity contribution in [3.05, 3.63) is 109 Å². The number of hydrogen-bond donors (Lipinski definition) is 0. The molecule has 19 heteroatoms. The minimum absolute atomic E-state index is 0.00873. The molecule has 2 aromatic carbocycles. The van der Waals surface area contributed by atoms with Crippen LogP contribution < -0.4 is 0 Å². The average molecular weight is 758 g/mol. The zero-order valence-corrected chi connectivity index (χ0v) is 27.8. The van der Waals surface area contributed by atoms with E-state index >= 15 is 0 Å². The van der Waals surface area contributed by atoms with Crippen LogP contribution in [0.4, 0.5) is 16.2 Å². The van der Waals surface area contributed by atoms with Crippen LogP contribution in [-0.2, 0) is 54.9 Å². The summed E-state index contributed by atoms with van der Waals surface area (Å²) in [6.45, 7) is 1.60. The lowest BCUT2D eigenvalue weighted by Crippen LogP contribution is -2.70. The van der Waals surface area contributed by atoms with Gasteiger partial charge in [0, 0.05) is 55.9 Å². The van der Waals surface area contributed by atoms with Gasteiger partial charge in [-0.25, -0.2) is 14.6 Å². The van der Waals surface area contributed by atoms with E-state index in [-0.39, 0.29) is 49.1 Å². The number of carbonyl (C=O) groups excluding carboxylic acids is 4. The number of halogens is 1. The summed E-state index contributed by atoms with van der Waals surface area (Å²) in [7, 11) is 0. The van der Waals surface area contributed by atoms with Crippen molar-refractivity contribution >= 4 is 63.0 Å². The molecule has 254 valence electrons. The van der Waals surface area contributed by atoms with Gasteiger partial charge in [-0.2, -0.15) is 0 Å². The van der Waals surface area contributed by atoms with Crippen molar-refractivity contribution < 1.29 is 43.2 Å². The SMILES string of the molecule is CC(=O)OC(c1cn2c(n1)CN(C(=O)OCc1ccc([N+](=O)[O-])cc1)CC2)C1(Br)C(=O)N2C(C(=O)OCc3ccc([N+](=O)[O-])cc3)=CSC21. The quantitative estimate of drug-likeness (QED) is 0.0714. The molecule has 4 heterocycles. The number of rotatable bonds is 10. The highest BCUT2D eigenvalue weighted by Gasteiger charge is 2.69. The number of esters is 2. The van der Waals surface area contributed by atoms with Gasteiger partial charge in [0.25, 0.3) is 17.3 Å². The number of benzene rings is 2. The van der Waals surface area contributed by atoms with Crippen molar-refractivity contribution in [2.24, 2.45) is 0 Å². The lowest BCUT2D eigenvalue weighted by molar-refractivity contribution is -0.385. The maximum absolute atomic E-state index is 13.7. The number of alkyl halides is 1. The third-order valence-electron chi connectivity index (χ3n) is 7.96. The molecule has 2 amide bonds. The van der Waals surface area contributed by atoms with Crippen LogP contribution in [0.3, 0.4) is 0 Å². The molecule has 0 spiro atoms. The van der Waals surface area contributed by atoms with E-state index in [9.17, 15) is 39.4 Å². The minimum atomic E-state index is -1.49. The van der Waals surface area contributed by atoms with E-state index in [1.165, 1.54) is 70.7 Å². The predicted octanol–water partition coefficient (Wildman–Crippen LogP) is 4.09. The second-order valence-electron chi connectivity index (χ2n) is 11.1. The number of non-ortho nitro benzene ring substituents is 2. The number of carbonyl (C=O) groups is 4. The van der Waals surface area contributed by atoms with E-state index in [2.05, 4.69) is 20.9 Å². The summed E-state index contributed by atoms with van der Waals surface area (Å²) >= 11 is 4.68. The highest BCUT2D eigenvalue weighted by molar-refractivity contribution is 9.10. The van der Waals surface area contributed by atoms with Gasteiger partial charge in [-0.3, -0.25) is 39.6 Å². The van der Waals surface area contributed by atoms with Gasteiger partial charge in [0.15, 0.2) is 10.4 Å². The minimum Gasteiger partial charge on any atom is -0.456 e. The summed E-state index contributed by atoms with van der Waals surface area (Å²) in [6, 6.07) is 11.1. The highest BCUT2D eigenvalue weighted by Crippen LogP contribution is 2.58. The highest BCUT2D eigenvalue weighted by atomic mass is 79.9. The maximum Gasteiger partial charge on any atom is 0.410 e. The number of thioether (sulfide) groups is 1. The average Bonchev–Trinajstić information content (AvgIpc) is 3.71. The van der Waals surface area contributed by atoms with Crippen LogP contribution in [0.5, 0.6) is 0 Å². The lowest BCUT2D eigenvalue weighted by Gasteiger charge is -2.51. The number of nitrogens with zero attached hydrogens (tertiary/aromatic N) is 6. The third kappa shape index (κ3) is 6.45. The molecule has 17 nitrogen and oxygen atoms in total. The fraction of sp³-hybridized carbons (Fsp3) is 0.300. The molecule has 0 aliphatic carbocycles. The van der Waals surface area contributed by atoms with Crippen LogP contribution in [0.15, 0.2) is 65.8 Å². The van der Waals surface area contributed by atoms with Crippen LogP contribution in [0, 0.1) is 20.2 Å². The number of fused-ring (bicyclic) bond motifs is 2. The number of amides is 2. The smallest absolute Gasteiger partial charge is 0.410 e. The van der Waals surface area contributed by atoms with Gasteiger partial charge in [-0.05, 0) is 35.4 Å². The molecule has 0 saturated carbocycles. The Balaban J connectivity index is 1.11. The van der Waals surface area contributed by atoms with E-state index in [1.807, 2.05) is 0 Å². The Morgan fingerprint density at radius 1 is 1.00 bits per heavy atom. The van der Waals surface area contributed by atoms with Crippen LogP contribution in [-0.4, -0.2) is 69.4 Å². The van der Waals surface area contributed by atoms with E-state index in [4.69, 9.17) is 14.2 Å². The van der Waals surface area contributed by atoms with Gasteiger partial charge in [0.1, 0.15) is 35.8 Å². The van der Waals surface area contributed by atoms with Crippen LogP contribution in [0.1, 0.15) is 35.7 Å². The summed E-state index contributed by atoms with van der Waals surface area (Å²) in [6.07, 6.45) is -0.168. The van der Waals surface area contributed by atoms with Gasteiger partial charge < -0.3 is 18.8 Å². The van der Waals surface area contributed by atoms with Crippen molar-refractivity contribution in [2.45, 2.75) is 49.0 Å². The summed E-state index contributed by atoms with van der Waals surface area (Å²) in [4.78, 5) is 79.7. The molecule has 3 aliphatic heterocycles. The zero-order valence-electron chi connectivity index (χ0n) is 25.4. The molecule has 3 unspecified atom stereocenters. The van der Waals surface area contributed by atoms with Crippen LogP contribution in [0.2, 0.25) is 0 Å². The van der Waals surface area contributed by atoms with Gasteiger partial charge in [0.2, 0.25) is 0 Å². The molecule has 3 aromatic rings. The van der Waals surface area contributed by atoms with Gasteiger partial charge in [0.05, 0.1) is 16.4 Å². The zero-order chi connectivity index (χ0) is 35.0. The molecule has 3 atom stereocenters. The Hall–Kier alpha value is -5.30. The van der Waals surface area contributed by atoms with Crippen LogP contribution in [0.25, 0.3) is 0 Å². The molecule has 3 aliphatic rings. The van der Waals surface area contributed by atoms with Crippen molar-refractivity contribution in [2.75, 3.05) is 6.54 Å². The summed E-state index contributed by atoms with van der Waals surface area (Å²) in [5.41, 5.74) is 1.15. The molecule has 49 heavy (non-hydrogen) atoms. The number of β-lactam (4-membered cyclic amide) rings is 1. The topological polar surface area (TPSA) is 207 Å². The number of imidazole rings is 1. The fourth-order valence-electron chi connectivity index (χ4n) is 5.46. The Labute approximate surface area is 289 Å². The predicted molar refractivity (Wildman–Crippen MR) is 171 cm³/mol. The largest absolute Gasteiger partial charge is 0.456 e. The second-order valence-corrected chi connectivity index (χ2v) is 13.4.